The summed E-state index contributed by atoms with van der Waals surface area (Å²) >= 11 is 0. The highest BCUT2D eigenvalue weighted by atomic mass is 19.1. The molecule has 0 saturated carbocycles. The molecule has 0 spiro atoms. The molecule has 4 nitrogen and oxygen atoms in total. The van der Waals surface area contributed by atoms with E-state index in [0.29, 0.717) is 25.1 Å². The van der Waals surface area contributed by atoms with E-state index >= 15 is 0 Å². The van der Waals surface area contributed by atoms with Gasteiger partial charge in [0.25, 0.3) is 0 Å². The first-order valence-corrected chi connectivity index (χ1v) is 6.44. The van der Waals surface area contributed by atoms with E-state index in [2.05, 4.69) is 0 Å². The average Bonchev–Trinajstić information content (AvgIpc) is 2.33. The van der Waals surface area contributed by atoms with Crippen LogP contribution >= 0.6 is 0 Å². The van der Waals surface area contributed by atoms with Gasteiger partial charge in [0.1, 0.15) is 5.82 Å². The highest BCUT2D eigenvalue weighted by Gasteiger charge is 2.05. The Bertz CT molecular complexity index is 486. The van der Waals surface area contributed by atoms with Crippen molar-refractivity contribution >= 4 is 12.0 Å². The molecule has 2 N–H and O–H groups in total. The zero-order chi connectivity index (χ0) is 15.1. The van der Waals surface area contributed by atoms with Crippen molar-refractivity contribution in [3.05, 3.63) is 41.2 Å². The normalized spacial score (nSPS) is 13.1. The molecule has 0 aliphatic carbocycles. The van der Waals surface area contributed by atoms with E-state index in [1.165, 1.54) is 18.2 Å². The molecular weight excluding hydrogens is 261 g/mol. The Morgan fingerprint density at radius 1 is 1.45 bits per heavy atom. The van der Waals surface area contributed by atoms with Crippen LogP contribution in [0.25, 0.3) is 6.08 Å². The van der Waals surface area contributed by atoms with Crippen molar-refractivity contribution in [3.8, 4) is 0 Å². The first-order valence-electron chi connectivity index (χ1n) is 6.44. The largest absolute Gasteiger partial charge is 0.478 e. The molecule has 20 heavy (non-hydrogen) atoms. The first-order chi connectivity index (χ1) is 9.36. The summed E-state index contributed by atoms with van der Waals surface area (Å²) in [7, 11) is 1.89. The van der Waals surface area contributed by atoms with Gasteiger partial charge in [-0.1, -0.05) is 6.07 Å². The Kier molecular flexibility index (Phi) is 6.35. The van der Waals surface area contributed by atoms with Gasteiger partial charge < -0.3 is 15.1 Å². The Hall–Kier alpha value is -1.72. The van der Waals surface area contributed by atoms with Crippen LogP contribution in [-0.4, -0.2) is 40.8 Å². The number of carboxylic acids is 1. The summed E-state index contributed by atoms with van der Waals surface area (Å²) in [6, 6.07) is 4.47. The Labute approximate surface area is 118 Å². The molecule has 1 atom stereocenters. The number of rotatable bonds is 7. The maximum absolute atomic E-state index is 13.5. The molecule has 110 valence electrons. The topological polar surface area (TPSA) is 60.8 Å². The van der Waals surface area contributed by atoms with Gasteiger partial charge in [0.05, 0.1) is 6.10 Å². The molecule has 0 aromatic heterocycles. The third-order valence-corrected chi connectivity index (χ3v) is 2.78. The summed E-state index contributed by atoms with van der Waals surface area (Å²) in [4.78, 5) is 12.4. The molecule has 1 aromatic carbocycles. The van der Waals surface area contributed by atoms with Crippen LogP contribution in [0.4, 0.5) is 4.39 Å². The van der Waals surface area contributed by atoms with Gasteiger partial charge in [-0.15, -0.1) is 0 Å². The van der Waals surface area contributed by atoms with E-state index in [4.69, 9.17) is 5.11 Å². The van der Waals surface area contributed by atoms with Crippen molar-refractivity contribution in [2.24, 2.45) is 0 Å². The van der Waals surface area contributed by atoms with Crippen molar-refractivity contribution < 1.29 is 19.4 Å². The molecule has 0 aliphatic heterocycles. The van der Waals surface area contributed by atoms with Gasteiger partial charge in [0, 0.05) is 19.2 Å². The fraction of sp³-hybridized carbons (Fsp3) is 0.400. The molecule has 1 unspecified atom stereocenters. The molecule has 0 fully saturated rings. The molecule has 0 saturated heterocycles. The predicted molar refractivity (Wildman–Crippen MR) is 75.7 cm³/mol. The van der Waals surface area contributed by atoms with E-state index in [1.807, 2.05) is 11.9 Å². The van der Waals surface area contributed by atoms with Gasteiger partial charge in [-0.3, -0.25) is 0 Å². The lowest BCUT2D eigenvalue weighted by molar-refractivity contribution is -0.131. The SMILES string of the molecule is CC(O)CCN(C)Cc1cc(F)cc(/C=C/C(=O)O)c1. The Balaban J connectivity index is 2.72. The van der Waals surface area contributed by atoms with Gasteiger partial charge >= 0.3 is 5.97 Å². The van der Waals surface area contributed by atoms with Crippen LogP contribution in [0, 0.1) is 5.82 Å². The maximum atomic E-state index is 13.5. The summed E-state index contributed by atoms with van der Waals surface area (Å²) in [5.41, 5.74) is 1.29. The van der Waals surface area contributed by atoms with Gasteiger partial charge in [-0.2, -0.15) is 0 Å². The number of aliphatic carboxylic acids is 1. The molecular formula is C15H20FNO3. The second-order valence-electron chi connectivity index (χ2n) is 4.94. The van der Waals surface area contributed by atoms with E-state index in [0.717, 1.165) is 11.6 Å². The highest BCUT2D eigenvalue weighted by Crippen LogP contribution is 2.13. The van der Waals surface area contributed by atoms with E-state index < -0.39 is 11.8 Å². The summed E-state index contributed by atoms with van der Waals surface area (Å²) in [5, 5.41) is 17.8. The second kappa shape index (κ2) is 7.77. The lowest BCUT2D eigenvalue weighted by atomic mass is 10.1. The van der Waals surface area contributed by atoms with Crippen molar-refractivity contribution in [3.63, 3.8) is 0 Å². The van der Waals surface area contributed by atoms with Crippen LogP contribution in [0.3, 0.4) is 0 Å². The number of carboxylic acid groups (broad SMARTS) is 1. The fourth-order valence-corrected chi connectivity index (χ4v) is 1.83. The van der Waals surface area contributed by atoms with Crippen molar-refractivity contribution in [1.82, 2.24) is 4.90 Å². The predicted octanol–water partition coefficient (Wildman–Crippen LogP) is 2.13. The van der Waals surface area contributed by atoms with Crippen LogP contribution < -0.4 is 0 Å². The third kappa shape index (κ3) is 6.45. The second-order valence-corrected chi connectivity index (χ2v) is 4.94. The molecule has 5 heteroatoms. The van der Waals surface area contributed by atoms with Crippen molar-refractivity contribution in [2.45, 2.75) is 26.0 Å². The molecule has 0 amide bonds. The van der Waals surface area contributed by atoms with Gasteiger partial charge in [-0.25, -0.2) is 9.18 Å². The Morgan fingerprint density at radius 2 is 2.15 bits per heavy atom. The minimum absolute atomic E-state index is 0.362. The third-order valence-electron chi connectivity index (χ3n) is 2.78. The average molecular weight is 281 g/mol. The smallest absolute Gasteiger partial charge is 0.328 e. The standard InChI is InChI=1S/C15H20FNO3/c1-11(18)5-6-17(2)10-13-7-12(3-4-15(19)20)8-14(16)9-13/h3-4,7-9,11,18H,5-6,10H2,1-2H3,(H,19,20)/b4-3+. The molecule has 1 aromatic rings. The maximum Gasteiger partial charge on any atom is 0.328 e. The molecule has 0 aliphatic rings. The molecule has 0 bridgehead atoms. The van der Waals surface area contributed by atoms with Gasteiger partial charge in [-0.05, 0) is 49.7 Å². The molecule has 0 heterocycles. The highest BCUT2D eigenvalue weighted by molar-refractivity contribution is 5.85. The van der Waals surface area contributed by atoms with Crippen LogP contribution in [-0.2, 0) is 11.3 Å². The number of halogens is 1. The Morgan fingerprint density at radius 3 is 2.75 bits per heavy atom. The fourth-order valence-electron chi connectivity index (χ4n) is 1.83. The summed E-state index contributed by atoms with van der Waals surface area (Å²) in [6.45, 7) is 2.97. The number of hydrogen-bond acceptors (Lipinski definition) is 3. The zero-order valence-electron chi connectivity index (χ0n) is 11.7. The zero-order valence-corrected chi connectivity index (χ0v) is 11.7. The summed E-state index contributed by atoms with van der Waals surface area (Å²) < 4.78 is 13.5. The van der Waals surface area contributed by atoms with E-state index in [9.17, 15) is 14.3 Å². The van der Waals surface area contributed by atoms with Crippen molar-refractivity contribution in [2.75, 3.05) is 13.6 Å². The molecule has 1 rings (SSSR count). The lowest BCUT2D eigenvalue weighted by Gasteiger charge is -2.17. The number of hydrogen-bond donors (Lipinski definition) is 2. The summed E-state index contributed by atoms with van der Waals surface area (Å²) in [6.07, 6.45) is 2.64. The quantitative estimate of drug-likeness (QED) is 0.752. The minimum atomic E-state index is -1.06. The number of nitrogens with zero attached hydrogens (tertiary/aromatic N) is 1. The number of aliphatic hydroxyl groups excluding tert-OH is 1. The monoisotopic (exact) mass is 281 g/mol. The van der Waals surface area contributed by atoms with Crippen LogP contribution in [0.1, 0.15) is 24.5 Å². The number of carbonyl (C=O) groups is 1. The van der Waals surface area contributed by atoms with E-state index in [1.54, 1.807) is 13.0 Å². The lowest BCUT2D eigenvalue weighted by Crippen LogP contribution is -2.22. The van der Waals surface area contributed by atoms with E-state index in [-0.39, 0.29) is 6.10 Å². The van der Waals surface area contributed by atoms with Crippen LogP contribution in [0.5, 0.6) is 0 Å². The first kappa shape index (κ1) is 16.3. The van der Waals surface area contributed by atoms with Crippen molar-refractivity contribution in [1.29, 1.82) is 0 Å². The number of aliphatic hydroxyl groups is 1. The molecule has 0 radical (unpaired) electrons. The number of benzene rings is 1. The summed E-state index contributed by atoms with van der Waals surface area (Å²) in [5.74, 6) is -1.46. The van der Waals surface area contributed by atoms with Gasteiger partial charge in [0.2, 0.25) is 0 Å². The van der Waals surface area contributed by atoms with Gasteiger partial charge in [0.15, 0.2) is 0 Å². The van der Waals surface area contributed by atoms with Crippen LogP contribution in [0.2, 0.25) is 0 Å². The minimum Gasteiger partial charge on any atom is -0.478 e. The van der Waals surface area contributed by atoms with Crippen LogP contribution in [0.15, 0.2) is 24.3 Å².